The Morgan fingerprint density at radius 2 is 1.48 bits per heavy atom. The van der Waals surface area contributed by atoms with Gasteiger partial charge in [0.05, 0.1) is 0 Å². The maximum absolute atomic E-state index is 5.07. The average molecular weight is 437 g/mol. The number of imidazole rings is 1. The fraction of sp³-hybridized carbons (Fsp3) is 0.310. The Morgan fingerprint density at radius 1 is 0.818 bits per heavy atom. The number of nitrogens with zero attached hydrogens (tertiary/aromatic N) is 3. The van der Waals surface area contributed by atoms with Crippen molar-refractivity contribution in [2.45, 2.75) is 53.5 Å². The van der Waals surface area contributed by atoms with E-state index in [1.807, 2.05) is 13.0 Å². The number of aryl methyl sites for hydroxylation is 1. The molecular weight excluding hydrogens is 404 g/mol. The summed E-state index contributed by atoms with van der Waals surface area (Å²) < 4.78 is 2.09. The molecule has 0 amide bonds. The third kappa shape index (κ3) is 4.06. The molecular formula is C29H32N4. The molecule has 5 aromatic rings. The number of rotatable bonds is 4. The Kier molecular flexibility index (Phi) is 4.93. The summed E-state index contributed by atoms with van der Waals surface area (Å²) in [6.07, 6.45) is 3.09. The highest BCUT2D eigenvalue weighted by Crippen LogP contribution is 2.39. The van der Waals surface area contributed by atoms with Crippen molar-refractivity contribution in [3.05, 3.63) is 72.6 Å². The second-order valence-electron chi connectivity index (χ2n) is 11.0. The summed E-state index contributed by atoms with van der Waals surface area (Å²) in [7, 11) is 0. The third-order valence-electron chi connectivity index (χ3n) is 6.09. The molecule has 0 saturated carbocycles. The van der Waals surface area contributed by atoms with Crippen LogP contribution in [-0.4, -0.2) is 19.9 Å². The van der Waals surface area contributed by atoms with Crippen molar-refractivity contribution >= 4 is 33.1 Å². The first-order valence-corrected chi connectivity index (χ1v) is 11.7. The number of nitrogens with one attached hydrogen (secondary N) is 1. The number of anilines is 1. The van der Waals surface area contributed by atoms with E-state index >= 15 is 0 Å². The van der Waals surface area contributed by atoms with Gasteiger partial charge in [0, 0.05) is 23.0 Å². The molecule has 0 spiro atoms. The second kappa shape index (κ2) is 7.58. The van der Waals surface area contributed by atoms with Gasteiger partial charge in [-0.25, -0.2) is 9.97 Å². The first-order valence-electron chi connectivity index (χ1n) is 11.7. The van der Waals surface area contributed by atoms with Gasteiger partial charge in [-0.2, -0.15) is 0 Å². The van der Waals surface area contributed by atoms with Gasteiger partial charge in [-0.15, -0.1) is 0 Å². The minimum atomic E-state index is -0.125. The predicted octanol–water partition coefficient (Wildman–Crippen LogP) is 7.64. The van der Waals surface area contributed by atoms with E-state index in [-0.39, 0.29) is 11.0 Å². The highest BCUT2D eigenvalue weighted by atomic mass is 15.2. The van der Waals surface area contributed by atoms with Crippen LogP contribution in [0.3, 0.4) is 0 Å². The Bertz CT molecular complexity index is 1480. The van der Waals surface area contributed by atoms with Crippen molar-refractivity contribution in [1.82, 2.24) is 14.4 Å². The minimum absolute atomic E-state index is 0.125. The summed E-state index contributed by atoms with van der Waals surface area (Å²) in [5.74, 6) is 1.71. The molecule has 1 N–H and O–H groups in total. The summed E-state index contributed by atoms with van der Waals surface area (Å²) in [6.45, 7) is 13.4. The van der Waals surface area contributed by atoms with E-state index in [0.29, 0.717) is 0 Å². The lowest BCUT2D eigenvalue weighted by molar-refractivity contribution is 0.302. The zero-order chi connectivity index (χ0) is 23.4. The number of fused-ring (bicyclic) bond motifs is 4. The molecule has 0 aliphatic rings. The summed E-state index contributed by atoms with van der Waals surface area (Å²) in [5.41, 5.74) is 3.10. The van der Waals surface area contributed by atoms with Crippen LogP contribution in [0, 0.1) is 12.3 Å². The smallest absolute Gasteiger partial charge is 0.236 e. The lowest BCUT2D eigenvalue weighted by Gasteiger charge is -2.34. The van der Waals surface area contributed by atoms with Crippen LogP contribution in [-0.2, 0) is 0 Å². The summed E-state index contributed by atoms with van der Waals surface area (Å²) in [4.78, 5) is 9.81. The van der Waals surface area contributed by atoms with E-state index in [1.165, 1.54) is 21.5 Å². The van der Waals surface area contributed by atoms with Crippen LogP contribution in [0.15, 0.2) is 66.9 Å². The summed E-state index contributed by atoms with van der Waals surface area (Å²) in [6, 6.07) is 21.5. The Labute approximate surface area is 195 Å². The van der Waals surface area contributed by atoms with Crippen molar-refractivity contribution < 1.29 is 0 Å². The van der Waals surface area contributed by atoms with Crippen LogP contribution in [0.4, 0.5) is 5.82 Å². The average Bonchev–Trinajstić information content (AvgIpc) is 3.07. The molecule has 0 atom stereocenters. The maximum atomic E-state index is 5.07. The van der Waals surface area contributed by atoms with E-state index in [2.05, 4.69) is 105 Å². The standard InChI is InChI=1S/C29H32N4/c1-19-15-16-33-26(32-29(5,6)18-28(2,3)4)25(31-27(33)30-19)24-17-20-11-7-8-12-21(20)22-13-9-10-14-23(22)24/h7-17,32H,18H2,1-6H3. The number of hydrogen-bond donors (Lipinski definition) is 1. The van der Waals surface area contributed by atoms with E-state index < -0.39 is 0 Å². The van der Waals surface area contributed by atoms with Crippen LogP contribution in [0.5, 0.6) is 0 Å². The van der Waals surface area contributed by atoms with Gasteiger partial charge < -0.3 is 5.32 Å². The first kappa shape index (κ1) is 21.4. The maximum Gasteiger partial charge on any atom is 0.236 e. The number of hydrogen-bond acceptors (Lipinski definition) is 3. The molecule has 0 saturated heterocycles. The lowest BCUT2D eigenvalue weighted by atomic mass is 9.81. The molecule has 0 unspecified atom stereocenters. The fourth-order valence-electron chi connectivity index (χ4n) is 5.27. The molecule has 168 valence electrons. The highest BCUT2D eigenvalue weighted by molar-refractivity contribution is 6.14. The van der Waals surface area contributed by atoms with Gasteiger partial charge in [0.25, 0.3) is 0 Å². The van der Waals surface area contributed by atoms with Crippen molar-refractivity contribution in [1.29, 1.82) is 0 Å². The molecule has 0 aliphatic carbocycles. The zero-order valence-corrected chi connectivity index (χ0v) is 20.4. The Morgan fingerprint density at radius 3 is 2.21 bits per heavy atom. The van der Waals surface area contributed by atoms with Crippen LogP contribution in [0.2, 0.25) is 0 Å². The van der Waals surface area contributed by atoms with Crippen molar-refractivity contribution in [2.24, 2.45) is 5.41 Å². The highest BCUT2D eigenvalue weighted by Gasteiger charge is 2.28. The summed E-state index contributed by atoms with van der Waals surface area (Å²) in [5, 5.41) is 8.78. The number of benzene rings is 3. The van der Waals surface area contributed by atoms with Crippen LogP contribution in [0.1, 0.15) is 46.7 Å². The van der Waals surface area contributed by atoms with Gasteiger partial charge in [0.1, 0.15) is 11.5 Å². The lowest BCUT2D eigenvalue weighted by Crippen LogP contribution is -2.36. The van der Waals surface area contributed by atoms with Gasteiger partial charge in [0.15, 0.2) is 0 Å². The SMILES string of the molecule is Cc1ccn2c(NC(C)(C)CC(C)(C)C)c(-c3cc4ccccc4c4ccccc34)nc2n1. The van der Waals surface area contributed by atoms with Crippen LogP contribution in [0.25, 0.3) is 38.6 Å². The van der Waals surface area contributed by atoms with E-state index in [4.69, 9.17) is 9.97 Å². The van der Waals surface area contributed by atoms with Crippen LogP contribution >= 0.6 is 0 Å². The van der Waals surface area contributed by atoms with Gasteiger partial charge in [-0.3, -0.25) is 4.40 Å². The Hall–Kier alpha value is -3.40. The first-order chi connectivity index (χ1) is 15.6. The molecule has 0 bridgehead atoms. The molecule has 2 aromatic heterocycles. The monoisotopic (exact) mass is 436 g/mol. The largest absolute Gasteiger partial charge is 0.364 e. The van der Waals surface area contributed by atoms with Crippen molar-refractivity contribution in [3.63, 3.8) is 0 Å². The van der Waals surface area contributed by atoms with Gasteiger partial charge in [0.2, 0.25) is 5.78 Å². The molecule has 33 heavy (non-hydrogen) atoms. The number of aromatic nitrogens is 3. The van der Waals surface area contributed by atoms with Crippen molar-refractivity contribution in [3.8, 4) is 11.3 Å². The fourth-order valence-corrected chi connectivity index (χ4v) is 5.27. The quantitative estimate of drug-likeness (QED) is 0.294. The zero-order valence-electron chi connectivity index (χ0n) is 20.4. The van der Waals surface area contributed by atoms with Gasteiger partial charge in [-0.05, 0) is 66.3 Å². The molecule has 0 radical (unpaired) electrons. The van der Waals surface area contributed by atoms with Crippen molar-refractivity contribution in [2.75, 3.05) is 5.32 Å². The predicted molar refractivity (Wildman–Crippen MR) is 140 cm³/mol. The Balaban J connectivity index is 1.80. The molecule has 5 rings (SSSR count). The van der Waals surface area contributed by atoms with E-state index in [0.717, 1.165) is 35.0 Å². The molecule has 3 aromatic carbocycles. The molecule has 2 heterocycles. The molecule has 0 aliphatic heterocycles. The molecule has 4 nitrogen and oxygen atoms in total. The summed E-state index contributed by atoms with van der Waals surface area (Å²) >= 11 is 0. The molecule has 0 fully saturated rings. The van der Waals surface area contributed by atoms with E-state index in [9.17, 15) is 0 Å². The van der Waals surface area contributed by atoms with Crippen LogP contribution < -0.4 is 5.32 Å². The third-order valence-corrected chi connectivity index (χ3v) is 6.09. The topological polar surface area (TPSA) is 42.2 Å². The van der Waals surface area contributed by atoms with Gasteiger partial charge in [-0.1, -0.05) is 69.3 Å². The van der Waals surface area contributed by atoms with Gasteiger partial charge >= 0.3 is 0 Å². The van der Waals surface area contributed by atoms with E-state index in [1.54, 1.807) is 0 Å². The second-order valence-corrected chi connectivity index (χ2v) is 11.0. The normalized spacial score (nSPS) is 12.7. The minimum Gasteiger partial charge on any atom is -0.364 e. The molecule has 4 heteroatoms.